The fourth-order valence-electron chi connectivity index (χ4n) is 2.76. The Morgan fingerprint density at radius 1 is 1.26 bits per heavy atom. The van der Waals surface area contributed by atoms with E-state index in [1.165, 1.54) is 0 Å². The summed E-state index contributed by atoms with van der Waals surface area (Å²) in [7, 11) is 3.55. The highest BCUT2D eigenvalue weighted by Gasteiger charge is 2.26. The quantitative estimate of drug-likeness (QED) is 0.650. The molecule has 0 unspecified atom stereocenters. The first-order chi connectivity index (χ1) is 11.0. The first kappa shape index (κ1) is 17.3. The first-order valence-electron chi connectivity index (χ1n) is 7.95. The second-order valence-corrected chi connectivity index (χ2v) is 5.84. The molecular weight excluding hydrogens is 292 g/mol. The number of nitrogens with zero attached hydrogens (tertiary/aromatic N) is 2. The number of rotatable bonds is 3. The van der Waals surface area contributed by atoms with Crippen LogP contribution in [0.2, 0.25) is 0 Å². The fourth-order valence-corrected chi connectivity index (χ4v) is 2.76. The summed E-state index contributed by atoms with van der Waals surface area (Å²) >= 11 is 0. The average molecular weight is 318 g/mol. The highest BCUT2D eigenvalue weighted by Crippen LogP contribution is 2.15. The molecule has 1 fully saturated rings. The van der Waals surface area contributed by atoms with E-state index < -0.39 is 0 Å². The van der Waals surface area contributed by atoms with E-state index in [1.54, 1.807) is 7.05 Å². The van der Waals surface area contributed by atoms with Gasteiger partial charge in [0.1, 0.15) is 0 Å². The average Bonchev–Trinajstić information content (AvgIpc) is 2.55. The van der Waals surface area contributed by atoms with Crippen LogP contribution in [-0.2, 0) is 11.3 Å². The van der Waals surface area contributed by atoms with Gasteiger partial charge >= 0.3 is 0 Å². The maximum atomic E-state index is 12.6. The van der Waals surface area contributed by atoms with Gasteiger partial charge in [-0.3, -0.25) is 9.79 Å². The van der Waals surface area contributed by atoms with E-state index in [9.17, 15) is 4.79 Å². The normalized spacial score (nSPS) is 21.9. The summed E-state index contributed by atoms with van der Waals surface area (Å²) in [6.07, 6.45) is 0.166. The summed E-state index contributed by atoms with van der Waals surface area (Å²) in [5, 5.41) is 6.16. The van der Waals surface area contributed by atoms with Crippen molar-refractivity contribution in [2.75, 3.05) is 27.2 Å². The van der Waals surface area contributed by atoms with Gasteiger partial charge in [0.2, 0.25) is 0 Å². The number of carbonyl (C=O) groups is 1. The van der Waals surface area contributed by atoms with Gasteiger partial charge in [-0.2, -0.15) is 0 Å². The predicted octanol–water partition coefficient (Wildman–Crippen LogP) is 1.23. The number of amides is 1. The van der Waals surface area contributed by atoms with E-state index in [0.717, 1.165) is 11.5 Å². The predicted molar refractivity (Wildman–Crippen MR) is 91.6 cm³/mol. The minimum Gasteiger partial charge on any atom is -0.372 e. The van der Waals surface area contributed by atoms with E-state index >= 15 is 0 Å². The molecule has 6 nitrogen and oxygen atoms in total. The number of guanidine groups is 1. The van der Waals surface area contributed by atoms with Crippen LogP contribution in [0.5, 0.6) is 0 Å². The van der Waals surface area contributed by atoms with Crippen molar-refractivity contribution in [3.63, 3.8) is 0 Å². The molecule has 1 heterocycles. The lowest BCUT2D eigenvalue weighted by atomic mass is 10.1. The highest BCUT2D eigenvalue weighted by molar-refractivity contribution is 5.94. The molecule has 2 atom stereocenters. The zero-order chi connectivity index (χ0) is 16.8. The lowest BCUT2D eigenvalue weighted by Gasteiger charge is -2.35. The first-order valence-corrected chi connectivity index (χ1v) is 7.95. The molecule has 0 aliphatic carbocycles. The molecule has 23 heavy (non-hydrogen) atoms. The minimum atomic E-state index is 0.0672. The number of ether oxygens (including phenoxy) is 1. The number of nitrogens with one attached hydrogen (secondary N) is 2. The lowest BCUT2D eigenvalue weighted by molar-refractivity contribution is -0.0586. The summed E-state index contributed by atoms with van der Waals surface area (Å²) in [4.78, 5) is 18.5. The second kappa shape index (κ2) is 7.97. The summed E-state index contributed by atoms with van der Waals surface area (Å²) in [6, 6.07) is 7.70. The molecule has 1 aliphatic heterocycles. The van der Waals surface area contributed by atoms with Gasteiger partial charge in [-0.1, -0.05) is 12.1 Å². The molecule has 1 amide bonds. The van der Waals surface area contributed by atoms with Crippen LogP contribution in [0.4, 0.5) is 0 Å². The molecule has 126 valence electrons. The summed E-state index contributed by atoms with van der Waals surface area (Å²) in [5.41, 5.74) is 1.81. The largest absolute Gasteiger partial charge is 0.372 e. The van der Waals surface area contributed by atoms with Crippen molar-refractivity contribution < 1.29 is 9.53 Å². The van der Waals surface area contributed by atoms with Gasteiger partial charge in [-0.15, -0.1) is 0 Å². The van der Waals surface area contributed by atoms with Gasteiger partial charge in [0, 0.05) is 39.3 Å². The summed E-state index contributed by atoms with van der Waals surface area (Å²) in [6.45, 7) is 5.95. The molecule has 2 N–H and O–H groups in total. The third kappa shape index (κ3) is 4.69. The SMILES string of the molecule is CN=C(NC)NCc1ccc(C(=O)N2C[C@@H](C)O[C@@H](C)C2)cc1. The van der Waals surface area contributed by atoms with E-state index in [2.05, 4.69) is 15.6 Å². The fraction of sp³-hybridized carbons (Fsp3) is 0.529. The van der Waals surface area contributed by atoms with Crippen LogP contribution in [-0.4, -0.2) is 56.2 Å². The van der Waals surface area contributed by atoms with Crippen LogP contribution >= 0.6 is 0 Å². The molecule has 0 saturated carbocycles. The summed E-state index contributed by atoms with van der Waals surface area (Å²) < 4.78 is 5.68. The monoisotopic (exact) mass is 318 g/mol. The van der Waals surface area contributed by atoms with Gasteiger partial charge in [-0.25, -0.2) is 0 Å². The molecule has 1 aromatic carbocycles. The van der Waals surface area contributed by atoms with Crippen molar-refractivity contribution in [3.05, 3.63) is 35.4 Å². The molecular formula is C17H26N4O2. The molecule has 1 aliphatic rings. The Kier molecular flexibility index (Phi) is 5.98. The van der Waals surface area contributed by atoms with Crippen molar-refractivity contribution in [2.45, 2.75) is 32.6 Å². The maximum absolute atomic E-state index is 12.6. The smallest absolute Gasteiger partial charge is 0.254 e. The third-order valence-electron chi connectivity index (χ3n) is 3.83. The van der Waals surface area contributed by atoms with Crippen LogP contribution in [0.1, 0.15) is 29.8 Å². The molecule has 1 saturated heterocycles. The third-order valence-corrected chi connectivity index (χ3v) is 3.83. The Labute approximate surface area is 137 Å². The molecule has 0 aromatic heterocycles. The van der Waals surface area contributed by atoms with E-state index in [4.69, 9.17) is 4.74 Å². The Morgan fingerprint density at radius 2 is 1.87 bits per heavy atom. The number of hydrogen-bond donors (Lipinski definition) is 2. The van der Waals surface area contributed by atoms with Gasteiger partial charge in [-0.05, 0) is 31.5 Å². The van der Waals surface area contributed by atoms with Crippen LogP contribution in [0.3, 0.4) is 0 Å². The number of hydrogen-bond acceptors (Lipinski definition) is 3. The zero-order valence-electron chi connectivity index (χ0n) is 14.3. The van der Waals surface area contributed by atoms with Crippen LogP contribution < -0.4 is 10.6 Å². The van der Waals surface area contributed by atoms with Crippen molar-refractivity contribution in [1.82, 2.24) is 15.5 Å². The Bertz CT molecular complexity index is 546. The Morgan fingerprint density at radius 3 is 2.39 bits per heavy atom. The van der Waals surface area contributed by atoms with Crippen LogP contribution in [0.15, 0.2) is 29.3 Å². The second-order valence-electron chi connectivity index (χ2n) is 5.84. The van der Waals surface area contributed by atoms with Crippen molar-refractivity contribution >= 4 is 11.9 Å². The van der Waals surface area contributed by atoms with E-state index in [-0.39, 0.29) is 18.1 Å². The van der Waals surface area contributed by atoms with Gasteiger partial charge in [0.25, 0.3) is 5.91 Å². The lowest BCUT2D eigenvalue weighted by Crippen LogP contribution is -2.48. The van der Waals surface area contributed by atoms with E-state index in [0.29, 0.717) is 25.2 Å². The maximum Gasteiger partial charge on any atom is 0.254 e. The molecule has 0 radical (unpaired) electrons. The topological polar surface area (TPSA) is 66.0 Å². The number of benzene rings is 1. The highest BCUT2D eigenvalue weighted by atomic mass is 16.5. The van der Waals surface area contributed by atoms with Crippen molar-refractivity contribution in [2.24, 2.45) is 4.99 Å². The van der Waals surface area contributed by atoms with E-state index in [1.807, 2.05) is 50.1 Å². The molecule has 0 bridgehead atoms. The molecule has 0 spiro atoms. The Balaban J connectivity index is 1.97. The minimum absolute atomic E-state index is 0.0672. The molecule has 6 heteroatoms. The van der Waals surface area contributed by atoms with Gasteiger partial charge < -0.3 is 20.3 Å². The molecule has 1 aromatic rings. The molecule has 2 rings (SSSR count). The number of aliphatic imine (C=N–C) groups is 1. The number of morpholine rings is 1. The zero-order valence-corrected chi connectivity index (χ0v) is 14.3. The van der Waals surface area contributed by atoms with Crippen LogP contribution in [0.25, 0.3) is 0 Å². The van der Waals surface area contributed by atoms with Gasteiger partial charge in [0.15, 0.2) is 5.96 Å². The summed E-state index contributed by atoms with van der Waals surface area (Å²) in [5.74, 6) is 0.805. The standard InChI is InChI=1S/C17H26N4O2/c1-12-10-21(11-13(2)23-12)16(22)15-7-5-14(6-8-15)9-20-17(18-3)19-4/h5-8,12-13H,9-11H2,1-4H3,(H2,18,19,20)/t12-,13+. The number of carbonyl (C=O) groups excluding carboxylic acids is 1. The van der Waals surface area contributed by atoms with Crippen LogP contribution in [0, 0.1) is 0 Å². The Hall–Kier alpha value is -2.08. The van der Waals surface area contributed by atoms with Crippen molar-refractivity contribution in [1.29, 1.82) is 0 Å². The van der Waals surface area contributed by atoms with Crippen molar-refractivity contribution in [3.8, 4) is 0 Å². The van der Waals surface area contributed by atoms with Gasteiger partial charge in [0.05, 0.1) is 12.2 Å².